The minimum atomic E-state index is 0.0291. The van der Waals surface area contributed by atoms with Crippen molar-refractivity contribution in [1.82, 2.24) is 0 Å². The van der Waals surface area contributed by atoms with Gasteiger partial charge in [-0.3, -0.25) is 0 Å². The van der Waals surface area contributed by atoms with E-state index in [4.69, 9.17) is 10.8 Å². The predicted molar refractivity (Wildman–Crippen MR) is 57.2 cm³/mol. The van der Waals surface area contributed by atoms with Crippen LogP contribution < -0.4 is 5.73 Å². The molecule has 3 N–H and O–H groups in total. The molecular weight excluding hydrogens is 182 g/mol. The highest BCUT2D eigenvalue weighted by atomic mass is 32.1. The maximum atomic E-state index is 8.72. The molecule has 0 bridgehead atoms. The van der Waals surface area contributed by atoms with Gasteiger partial charge in [0.25, 0.3) is 0 Å². The number of rotatable bonds is 3. The highest BCUT2D eigenvalue weighted by Gasteiger charge is 2.14. The Bertz CT molecular complexity index is 291. The van der Waals surface area contributed by atoms with E-state index in [-0.39, 0.29) is 12.0 Å². The molecule has 2 atom stereocenters. The minimum absolute atomic E-state index is 0.0291. The fourth-order valence-electron chi connectivity index (χ4n) is 1.25. The van der Waals surface area contributed by atoms with E-state index >= 15 is 0 Å². The standard InChI is InChI=1S/C10H15NOS/c1-7-3-4-10(13-7)9(5-6-12)8(2)11/h3-6,8-9,12H,11H2,1-2H3/b6-5-. The lowest BCUT2D eigenvalue weighted by molar-refractivity contribution is 0.466. The summed E-state index contributed by atoms with van der Waals surface area (Å²) >= 11 is 1.72. The Morgan fingerprint density at radius 3 is 2.62 bits per heavy atom. The molecule has 13 heavy (non-hydrogen) atoms. The van der Waals surface area contributed by atoms with Crippen LogP contribution in [0.15, 0.2) is 24.5 Å². The Kier molecular flexibility index (Phi) is 3.51. The number of aryl methyl sites for hydroxylation is 1. The molecule has 1 rings (SSSR count). The van der Waals surface area contributed by atoms with Gasteiger partial charge in [-0.2, -0.15) is 0 Å². The number of aliphatic hydroxyl groups is 1. The van der Waals surface area contributed by atoms with Crippen LogP contribution in [0, 0.1) is 6.92 Å². The summed E-state index contributed by atoms with van der Waals surface area (Å²) in [7, 11) is 0. The summed E-state index contributed by atoms with van der Waals surface area (Å²) in [5, 5.41) is 8.72. The summed E-state index contributed by atoms with van der Waals surface area (Å²) in [5.41, 5.74) is 5.81. The zero-order valence-electron chi connectivity index (χ0n) is 7.90. The summed E-state index contributed by atoms with van der Waals surface area (Å²) < 4.78 is 0. The zero-order valence-corrected chi connectivity index (χ0v) is 8.71. The Morgan fingerprint density at radius 1 is 1.54 bits per heavy atom. The zero-order chi connectivity index (χ0) is 9.84. The topological polar surface area (TPSA) is 46.2 Å². The molecule has 3 heteroatoms. The summed E-state index contributed by atoms with van der Waals surface area (Å²) in [5.74, 6) is 0.128. The summed E-state index contributed by atoms with van der Waals surface area (Å²) in [6, 6.07) is 4.16. The first kappa shape index (κ1) is 10.3. The van der Waals surface area contributed by atoms with E-state index in [1.165, 1.54) is 9.75 Å². The average Bonchev–Trinajstić information content (AvgIpc) is 2.46. The molecule has 2 unspecified atom stereocenters. The molecule has 0 radical (unpaired) electrons. The molecule has 0 spiro atoms. The molecule has 0 aliphatic carbocycles. The maximum Gasteiger partial charge on any atom is 0.0758 e. The molecule has 1 aromatic rings. The average molecular weight is 197 g/mol. The van der Waals surface area contributed by atoms with Crippen molar-refractivity contribution < 1.29 is 5.11 Å². The number of thiophene rings is 1. The highest BCUT2D eigenvalue weighted by molar-refractivity contribution is 7.12. The van der Waals surface area contributed by atoms with Gasteiger partial charge in [-0.05, 0) is 32.1 Å². The van der Waals surface area contributed by atoms with Gasteiger partial charge in [-0.25, -0.2) is 0 Å². The van der Waals surface area contributed by atoms with Crippen LogP contribution in [0.2, 0.25) is 0 Å². The minimum Gasteiger partial charge on any atom is -0.516 e. The van der Waals surface area contributed by atoms with Crippen molar-refractivity contribution in [2.75, 3.05) is 0 Å². The van der Waals surface area contributed by atoms with Crippen molar-refractivity contribution in [3.05, 3.63) is 34.2 Å². The van der Waals surface area contributed by atoms with Crippen molar-refractivity contribution in [2.24, 2.45) is 5.73 Å². The van der Waals surface area contributed by atoms with Gasteiger partial charge in [0.15, 0.2) is 0 Å². The molecule has 0 saturated heterocycles. The Balaban J connectivity index is 2.88. The van der Waals surface area contributed by atoms with Crippen LogP contribution in [0.25, 0.3) is 0 Å². The number of hydrogen-bond donors (Lipinski definition) is 2. The van der Waals surface area contributed by atoms with E-state index in [0.29, 0.717) is 0 Å². The van der Waals surface area contributed by atoms with Gasteiger partial charge in [0.1, 0.15) is 0 Å². The quantitative estimate of drug-likeness (QED) is 0.731. The lowest BCUT2D eigenvalue weighted by atomic mass is 10.0. The van der Waals surface area contributed by atoms with Crippen LogP contribution in [0.4, 0.5) is 0 Å². The molecule has 1 aromatic heterocycles. The van der Waals surface area contributed by atoms with Crippen LogP contribution in [-0.2, 0) is 0 Å². The van der Waals surface area contributed by atoms with E-state index in [2.05, 4.69) is 19.1 Å². The van der Waals surface area contributed by atoms with E-state index in [1.807, 2.05) is 6.92 Å². The van der Waals surface area contributed by atoms with E-state index in [0.717, 1.165) is 6.26 Å². The van der Waals surface area contributed by atoms with Gasteiger partial charge in [0.2, 0.25) is 0 Å². The first-order valence-corrected chi connectivity index (χ1v) is 5.09. The second-order valence-corrected chi connectivity index (χ2v) is 4.49. The third-order valence-corrected chi connectivity index (χ3v) is 3.05. The molecule has 0 aliphatic heterocycles. The van der Waals surface area contributed by atoms with E-state index < -0.39 is 0 Å². The Morgan fingerprint density at radius 2 is 2.23 bits per heavy atom. The van der Waals surface area contributed by atoms with Crippen LogP contribution in [0.3, 0.4) is 0 Å². The molecule has 0 amide bonds. The van der Waals surface area contributed by atoms with Crippen LogP contribution >= 0.6 is 11.3 Å². The van der Waals surface area contributed by atoms with Gasteiger partial charge < -0.3 is 10.8 Å². The monoisotopic (exact) mass is 197 g/mol. The predicted octanol–water partition coefficient (Wildman–Crippen LogP) is 2.56. The molecule has 0 aromatic carbocycles. The van der Waals surface area contributed by atoms with Crippen LogP contribution in [0.1, 0.15) is 22.6 Å². The third-order valence-electron chi connectivity index (χ3n) is 1.95. The SMILES string of the molecule is Cc1ccc(C(/C=C\O)C(C)N)s1. The molecule has 0 fully saturated rings. The fraction of sp³-hybridized carbons (Fsp3) is 0.400. The van der Waals surface area contributed by atoms with E-state index in [1.54, 1.807) is 17.4 Å². The lowest BCUT2D eigenvalue weighted by Gasteiger charge is -2.14. The van der Waals surface area contributed by atoms with Gasteiger partial charge in [-0.15, -0.1) is 11.3 Å². The van der Waals surface area contributed by atoms with Gasteiger partial charge in [0.05, 0.1) is 6.26 Å². The number of nitrogens with two attached hydrogens (primary N) is 1. The summed E-state index contributed by atoms with van der Waals surface area (Å²) in [4.78, 5) is 2.48. The molecule has 0 saturated carbocycles. The van der Waals surface area contributed by atoms with Crippen LogP contribution in [-0.4, -0.2) is 11.1 Å². The number of hydrogen-bond acceptors (Lipinski definition) is 3. The lowest BCUT2D eigenvalue weighted by Crippen LogP contribution is -2.22. The number of aliphatic hydroxyl groups excluding tert-OH is 1. The van der Waals surface area contributed by atoms with Gasteiger partial charge in [-0.1, -0.05) is 0 Å². The maximum absolute atomic E-state index is 8.72. The van der Waals surface area contributed by atoms with Crippen molar-refractivity contribution in [3.63, 3.8) is 0 Å². The fourth-order valence-corrected chi connectivity index (χ4v) is 2.33. The Hall–Kier alpha value is -0.800. The van der Waals surface area contributed by atoms with E-state index in [9.17, 15) is 0 Å². The molecule has 2 nitrogen and oxygen atoms in total. The van der Waals surface area contributed by atoms with Crippen molar-refractivity contribution in [2.45, 2.75) is 25.8 Å². The van der Waals surface area contributed by atoms with Gasteiger partial charge >= 0.3 is 0 Å². The van der Waals surface area contributed by atoms with Crippen molar-refractivity contribution in [1.29, 1.82) is 0 Å². The first-order chi connectivity index (χ1) is 6.15. The largest absolute Gasteiger partial charge is 0.516 e. The normalized spacial score (nSPS) is 16.2. The van der Waals surface area contributed by atoms with Crippen molar-refractivity contribution in [3.8, 4) is 0 Å². The highest BCUT2D eigenvalue weighted by Crippen LogP contribution is 2.27. The smallest absolute Gasteiger partial charge is 0.0758 e. The molecule has 1 heterocycles. The molecule has 72 valence electrons. The third kappa shape index (κ3) is 2.57. The Labute approximate surface area is 82.7 Å². The van der Waals surface area contributed by atoms with Crippen LogP contribution in [0.5, 0.6) is 0 Å². The summed E-state index contributed by atoms with van der Waals surface area (Å²) in [6.45, 7) is 4.01. The first-order valence-electron chi connectivity index (χ1n) is 4.28. The van der Waals surface area contributed by atoms with Gasteiger partial charge in [0, 0.05) is 21.7 Å². The summed E-state index contributed by atoms with van der Waals surface area (Å²) in [6.07, 6.45) is 2.80. The second kappa shape index (κ2) is 4.44. The molecule has 0 aliphatic rings. The molecular formula is C10H15NOS. The second-order valence-electron chi connectivity index (χ2n) is 3.17. The van der Waals surface area contributed by atoms with Crippen molar-refractivity contribution >= 4 is 11.3 Å².